The number of nitrogens with zero attached hydrogens (tertiary/aromatic N) is 1. The predicted octanol–water partition coefficient (Wildman–Crippen LogP) is 3.43. The molecule has 0 bridgehead atoms. The zero-order chi connectivity index (χ0) is 16.8. The van der Waals surface area contributed by atoms with Crippen LogP contribution in [0.2, 0.25) is 0 Å². The maximum absolute atomic E-state index is 13.7. The number of hydrogen-bond donors (Lipinski definition) is 1. The molecule has 6 heteroatoms. The first-order chi connectivity index (χ1) is 10.2. The molecule has 0 radical (unpaired) electrons. The quantitative estimate of drug-likeness (QED) is 0.874. The van der Waals surface area contributed by atoms with E-state index in [2.05, 4.69) is 0 Å². The normalized spacial score (nSPS) is 11.1. The van der Waals surface area contributed by atoms with Gasteiger partial charge in [-0.2, -0.15) is 0 Å². The molecule has 1 amide bonds. The molecule has 0 aromatic heterocycles. The lowest BCUT2D eigenvalue weighted by Crippen LogP contribution is -2.37. The minimum Gasteiger partial charge on any atom is -0.481 e. The summed E-state index contributed by atoms with van der Waals surface area (Å²) >= 11 is 0. The van der Waals surface area contributed by atoms with Crippen molar-refractivity contribution in [3.8, 4) is 0 Å². The fourth-order valence-corrected chi connectivity index (χ4v) is 1.81. The summed E-state index contributed by atoms with van der Waals surface area (Å²) in [4.78, 5) is 24.1. The second-order valence-electron chi connectivity index (χ2n) is 5.99. The van der Waals surface area contributed by atoms with Crippen molar-refractivity contribution in [2.75, 3.05) is 6.54 Å². The summed E-state index contributed by atoms with van der Waals surface area (Å²) in [6.45, 7) is 5.45. The van der Waals surface area contributed by atoms with Gasteiger partial charge >= 0.3 is 12.1 Å². The lowest BCUT2D eigenvalue weighted by atomic mass is 10.2. The van der Waals surface area contributed by atoms with Crippen LogP contribution in [-0.2, 0) is 16.1 Å². The first kappa shape index (κ1) is 17.9. The molecule has 122 valence electrons. The van der Waals surface area contributed by atoms with Gasteiger partial charge in [-0.3, -0.25) is 4.79 Å². The highest BCUT2D eigenvalue weighted by molar-refractivity contribution is 5.69. The number of halogens is 1. The van der Waals surface area contributed by atoms with Crippen molar-refractivity contribution in [3.63, 3.8) is 0 Å². The Kier molecular flexibility index (Phi) is 6.34. The smallest absolute Gasteiger partial charge is 0.410 e. The molecule has 0 heterocycles. The Labute approximate surface area is 129 Å². The second-order valence-corrected chi connectivity index (χ2v) is 5.99. The average Bonchev–Trinajstić information content (AvgIpc) is 2.37. The lowest BCUT2D eigenvalue weighted by molar-refractivity contribution is -0.137. The van der Waals surface area contributed by atoms with Crippen molar-refractivity contribution in [2.24, 2.45) is 0 Å². The van der Waals surface area contributed by atoms with E-state index in [9.17, 15) is 14.0 Å². The van der Waals surface area contributed by atoms with Gasteiger partial charge in [-0.25, -0.2) is 9.18 Å². The third-order valence-corrected chi connectivity index (χ3v) is 2.79. The minimum absolute atomic E-state index is 0.0429. The van der Waals surface area contributed by atoms with Crippen LogP contribution in [0.4, 0.5) is 9.18 Å². The maximum atomic E-state index is 13.7. The third kappa shape index (κ3) is 6.56. The van der Waals surface area contributed by atoms with E-state index in [-0.39, 0.29) is 25.9 Å². The molecule has 0 aliphatic heterocycles. The van der Waals surface area contributed by atoms with Gasteiger partial charge in [-0.05, 0) is 33.3 Å². The number of carbonyl (C=O) groups is 2. The fraction of sp³-hybridized carbons (Fsp3) is 0.500. The predicted molar refractivity (Wildman–Crippen MR) is 79.9 cm³/mol. The molecule has 0 saturated carbocycles. The van der Waals surface area contributed by atoms with E-state index in [0.717, 1.165) is 0 Å². The van der Waals surface area contributed by atoms with Crippen molar-refractivity contribution in [1.29, 1.82) is 0 Å². The largest absolute Gasteiger partial charge is 0.481 e. The van der Waals surface area contributed by atoms with E-state index in [4.69, 9.17) is 9.84 Å². The molecule has 0 saturated heterocycles. The monoisotopic (exact) mass is 311 g/mol. The van der Waals surface area contributed by atoms with Crippen LogP contribution in [0.15, 0.2) is 24.3 Å². The lowest BCUT2D eigenvalue weighted by Gasteiger charge is -2.27. The van der Waals surface area contributed by atoms with Gasteiger partial charge in [-0.15, -0.1) is 0 Å². The van der Waals surface area contributed by atoms with Gasteiger partial charge in [0.2, 0.25) is 0 Å². The molecular weight excluding hydrogens is 289 g/mol. The Morgan fingerprint density at radius 3 is 2.45 bits per heavy atom. The van der Waals surface area contributed by atoms with Crippen LogP contribution < -0.4 is 0 Å². The van der Waals surface area contributed by atoms with E-state index in [1.54, 1.807) is 39.0 Å². The van der Waals surface area contributed by atoms with E-state index in [1.165, 1.54) is 11.0 Å². The van der Waals surface area contributed by atoms with Gasteiger partial charge in [0, 0.05) is 18.5 Å². The number of aliphatic carboxylic acids is 1. The highest BCUT2D eigenvalue weighted by Crippen LogP contribution is 2.15. The molecule has 0 aliphatic carbocycles. The van der Waals surface area contributed by atoms with Gasteiger partial charge < -0.3 is 14.7 Å². The van der Waals surface area contributed by atoms with Crippen molar-refractivity contribution >= 4 is 12.1 Å². The molecule has 0 unspecified atom stereocenters. The van der Waals surface area contributed by atoms with E-state index >= 15 is 0 Å². The van der Waals surface area contributed by atoms with Crippen LogP contribution in [0, 0.1) is 5.82 Å². The minimum atomic E-state index is -0.935. The number of rotatable bonds is 6. The van der Waals surface area contributed by atoms with Crippen molar-refractivity contribution in [2.45, 2.75) is 45.8 Å². The van der Waals surface area contributed by atoms with Crippen LogP contribution in [0.25, 0.3) is 0 Å². The zero-order valence-electron chi connectivity index (χ0n) is 13.1. The highest BCUT2D eigenvalue weighted by atomic mass is 19.1. The fourth-order valence-electron chi connectivity index (χ4n) is 1.81. The molecule has 1 aromatic carbocycles. The van der Waals surface area contributed by atoms with Gasteiger partial charge in [0.05, 0.1) is 6.54 Å². The Bertz CT molecular complexity index is 525. The Balaban J connectivity index is 2.79. The van der Waals surface area contributed by atoms with Gasteiger partial charge in [0.15, 0.2) is 0 Å². The zero-order valence-corrected chi connectivity index (χ0v) is 13.1. The molecule has 5 nitrogen and oxygen atoms in total. The van der Waals surface area contributed by atoms with Crippen LogP contribution in [0.5, 0.6) is 0 Å². The molecule has 0 spiro atoms. The third-order valence-electron chi connectivity index (χ3n) is 2.79. The van der Waals surface area contributed by atoms with Crippen LogP contribution in [0.1, 0.15) is 39.2 Å². The first-order valence-corrected chi connectivity index (χ1v) is 7.12. The highest BCUT2D eigenvalue weighted by Gasteiger charge is 2.23. The van der Waals surface area contributed by atoms with Crippen molar-refractivity contribution in [1.82, 2.24) is 4.90 Å². The molecule has 1 aromatic rings. The van der Waals surface area contributed by atoms with Crippen molar-refractivity contribution < 1.29 is 23.8 Å². The van der Waals surface area contributed by atoms with E-state index < -0.39 is 23.5 Å². The van der Waals surface area contributed by atoms with E-state index in [0.29, 0.717) is 5.56 Å². The number of ether oxygens (including phenoxy) is 1. The Hall–Kier alpha value is -2.11. The summed E-state index contributed by atoms with van der Waals surface area (Å²) in [5.41, 5.74) is -0.305. The summed E-state index contributed by atoms with van der Waals surface area (Å²) in [7, 11) is 0. The summed E-state index contributed by atoms with van der Waals surface area (Å²) in [6.07, 6.45) is -0.360. The summed E-state index contributed by atoms with van der Waals surface area (Å²) in [5, 5.41) is 8.69. The number of carboxylic acids is 1. The maximum Gasteiger partial charge on any atom is 0.410 e. The number of amides is 1. The second kappa shape index (κ2) is 7.77. The topological polar surface area (TPSA) is 66.8 Å². The van der Waals surface area contributed by atoms with Gasteiger partial charge in [0.1, 0.15) is 11.4 Å². The molecule has 0 atom stereocenters. The van der Waals surface area contributed by atoms with Crippen LogP contribution >= 0.6 is 0 Å². The molecule has 1 rings (SSSR count). The summed E-state index contributed by atoms with van der Waals surface area (Å²) < 4.78 is 19.0. The SMILES string of the molecule is CC(C)(C)OC(=O)N(CCCC(=O)O)Cc1ccccc1F. The van der Waals surface area contributed by atoms with Gasteiger partial charge in [-0.1, -0.05) is 18.2 Å². The Morgan fingerprint density at radius 1 is 1.27 bits per heavy atom. The van der Waals surface area contributed by atoms with Crippen LogP contribution in [-0.4, -0.2) is 34.2 Å². The number of hydrogen-bond acceptors (Lipinski definition) is 3. The summed E-state index contributed by atoms with van der Waals surface area (Å²) in [6, 6.07) is 6.16. The molecular formula is C16H22FNO4. The number of benzene rings is 1. The van der Waals surface area contributed by atoms with Crippen molar-refractivity contribution in [3.05, 3.63) is 35.6 Å². The average molecular weight is 311 g/mol. The molecule has 22 heavy (non-hydrogen) atoms. The standard InChI is InChI=1S/C16H22FNO4/c1-16(2,3)22-15(21)18(10-6-9-14(19)20)11-12-7-4-5-8-13(12)17/h4-5,7-8H,6,9-11H2,1-3H3,(H,19,20). The molecule has 1 N–H and O–H groups in total. The summed E-state index contributed by atoms with van der Waals surface area (Å²) in [5.74, 6) is -1.34. The number of carboxylic acid groups (broad SMARTS) is 1. The number of carbonyl (C=O) groups excluding carboxylic acids is 1. The Morgan fingerprint density at radius 2 is 1.91 bits per heavy atom. The molecule has 0 aliphatic rings. The van der Waals surface area contributed by atoms with E-state index in [1.807, 2.05) is 0 Å². The molecule has 0 fully saturated rings. The van der Waals surface area contributed by atoms with Crippen LogP contribution in [0.3, 0.4) is 0 Å². The first-order valence-electron chi connectivity index (χ1n) is 7.12. The van der Waals surface area contributed by atoms with Gasteiger partial charge in [0.25, 0.3) is 0 Å².